The Kier molecular flexibility index (Phi) is 4.84. The second-order valence-corrected chi connectivity index (χ2v) is 7.39. The molecule has 0 saturated heterocycles. The van der Waals surface area contributed by atoms with Gasteiger partial charge in [0.2, 0.25) is 0 Å². The lowest BCUT2D eigenvalue weighted by atomic mass is 10.1. The number of benzene rings is 2. The molecule has 148 valence electrons. The van der Waals surface area contributed by atoms with Gasteiger partial charge >= 0.3 is 5.97 Å². The van der Waals surface area contributed by atoms with E-state index in [1.165, 1.54) is 0 Å². The fourth-order valence-electron chi connectivity index (χ4n) is 3.21. The average molecular weight is 390 g/mol. The van der Waals surface area contributed by atoms with Gasteiger partial charge in [-0.3, -0.25) is 0 Å². The van der Waals surface area contributed by atoms with E-state index in [1.54, 1.807) is 25.3 Å². The lowest BCUT2D eigenvalue weighted by Gasteiger charge is -2.13. The van der Waals surface area contributed by atoms with Crippen LogP contribution in [0.2, 0.25) is 0 Å². The molecule has 2 heterocycles. The molecule has 0 bridgehead atoms. The molecule has 2 aromatic heterocycles. The van der Waals surface area contributed by atoms with Gasteiger partial charge < -0.3 is 19.6 Å². The van der Waals surface area contributed by atoms with Gasteiger partial charge in [0.05, 0.1) is 23.9 Å². The molecule has 0 aliphatic rings. The average Bonchev–Trinajstić information content (AvgIpc) is 3.13. The first kappa shape index (κ1) is 18.8. The number of nitrogens with zero attached hydrogens (tertiary/aromatic N) is 1. The molecule has 4 aromatic rings. The molecule has 6 nitrogen and oxygen atoms in total. The van der Waals surface area contributed by atoms with Crippen molar-refractivity contribution in [2.75, 3.05) is 19.0 Å². The van der Waals surface area contributed by atoms with E-state index in [1.807, 2.05) is 30.3 Å². The SMILES string of the molecule is COc1ccc2oc(-c3nc4ccc(C(=O)O)cc4cc3NCC(C)C)cc2c1. The van der Waals surface area contributed by atoms with Crippen molar-refractivity contribution in [3.8, 4) is 17.2 Å². The summed E-state index contributed by atoms with van der Waals surface area (Å²) in [7, 11) is 1.63. The van der Waals surface area contributed by atoms with Crippen molar-refractivity contribution >= 4 is 33.5 Å². The third-order valence-corrected chi connectivity index (χ3v) is 4.72. The van der Waals surface area contributed by atoms with E-state index >= 15 is 0 Å². The Hall–Kier alpha value is -3.54. The van der Waals surface area contributed by atoms with Gasteiger partial charge in [-0.2, -0.15) is 0 Å². The Labute approximate surface area is 168 Å². The molecule has 0 radical (unpaired) electrons. The summed E-state index contributed by atoms with van der Waals surface area (Å²) in [5, 5.41) is 14.4. The van der Waals surface area contributed by atoms with Gasteiger partial charge in [0.15, 0.2) is 5.76 Å². The van der Waals surface area contributed by atoms with Crippen LogP contribution in [0.25, 0.3) is 33.3 Å². The van der Waals surface area contributed by atoms with Gasteiger partial charge in [-0.15, -0.1) is 0 Å². The number of ether oxygens (including phenoxy) is 1. The maximum absolute atomic E-state index is 11.3. The van der Waals surface area contributed by atoms with Gasteiger partial charge in [0.1, 0.15) is 17.0 Å². The highest BCUT2D eigenvalue weighted by Crippen LogP contribution is 2.35. The van der Waals surface area contributed by atoms with Crippen molar-refractivity contribution in [1.82, 2.24) is 4.98 Å². The molecular weight excluding hydrogens is 368 g/mol. The second-order valence-electron chi connectivity index (χ2n) is 7.39. The first-order valence-corrected chi connectivity index (χ1v) is 9.44. The van der Waals surface area contributed by atoms with Gasteiger partial charge in [-0.1, -0.05) is 13.8 Å². The monoisotopic (exact) mass is 390 g/mol. The van der Waals surface area contributed by atoms with Crippen LogP contribution in [0.15, 0.2) is 52.9 Å². The van der Waals surface area contributed by atoms with Crippen LogP contribution in [0.3, 0.4) is 0 Å². The number of hydrogen-bond acceptors (Lipinski definition) is 5. The molecule has 2 aromatic carbocycles. The van der Waals surface area contributed by atoms with E-state index in [0.29, 0.717) is 22.9 Å². The molecule has 0 saturated carbocycles. The Morgan fingerprint density at radius 2 is 1.97 bits per heavy atom. The Morgan fingerprint density at radius 1 is 1.14 bits per heavy atom. The number of aromatic carboxylic acids is 1. The van der Waals surface area contributed by atoms with Crippen molar-refractivity contribution in [1.29, 1.82) is 0 Å². The zero-order valence-electron chi connectivity index (χ0n) is 16.5. The lowest BCUT2D eigenvalue weighted by molar-refractivity contribution is 0.0697. The summed E-state index contributed by atoms with van der Waals surface area (Å²) in [5.41, 5.74) is 3.19. The number of hydrogen-bond donors (Lipinski definition) is 2. The molecule has 0 fully saturated rings. The number of carbonyl (C=O) groups is 1. The number of anilines is 1. The zero-order chi connectivity index (χ0) is 20.5. The standard InChI is InChI=1S/C23H22N2O4/c1-13(2)12-24-19-10-15-8-14(23(26)27)4-6-18(15)25-22(19)21-11-16-9-17(28-3)5-7-20(16)29-21/h4-11,13,24H,12H2,1-3H3,(H,26,27). The Balaban J connectivity index is 1.87. The van der Waals surface area contributed by atoms with Crippen molar-refractivity contribution in [2.24, 2.45) is 5.92 Å². The minimum Gasteiger partial charge on any atom is -0.497 e. The van der Waals surface area contributed by atoms with Crippen LogP contribution in [0.5, 0.6) is 5.75 Å². The minimum absolute atomic E-state index is 0.234. The number of aromatic nitrogens is 1. The number of methoxy groups -OCH3 is 1. The predicted octanol–water partition coefficient (Wildman–Crippen LogP) is 5.42. The van der Waals surface area contributed by atoms with E-state index in [9.17, 15) is 9.90 Å². The first-order chi connectivity index (χ1) is 13.9. The molecule has 2 N–H and O–H groups in total. The summed E-state index contributed by atoms with van der Waals surface area (Å²) < 4.78 is 11.4. The molecular formula is C23H22N2O4. The molecule has 4 rings (SSSR count). The van der Waals surface area contributed by atoms with Crippen LogP contribution in [0.1, 0.15) is 24.2 Å². The highest BCUT2D eigenvalue weighted by molar-refractivity contribution is 5.96. The third-order valence-electron chi connectivity index (χ3n) is 4.72. The van der Waals surface area contributed by atoms with Crippen LogP contribution in [-0.2, 0) is 0 Å². The maximum atomic E-state index is 11.3. The highest BCUT2D eigenvalue weighted by Gasteiger charge is 2.16. The van der Waals surface area contributed by atoms with E-state index in [-0.39, 0.29) is 5.56 Å². The maximum Gasteiger partial charge on any atom is 0.335 e. The van der Waals surface area contributed by atoms with Crippen LogP contribution in [0, 0.1) is 5.92 Å². The molecule has 0 amide bonds. The largest absolute Gasteiger partial charge is 0.497 e. The summed E-state index contributed by atoms with van der Waals surface area (Å²) in [5.74, 6) is 0.877. The van der Waals surface area contributed by atoms with Crippen LogP contribution < -0.4 is 10.1 Å². The van der Waals surface area contributed by atoms with E-state index in [4.69, 9.17) is 14.1 Å². The molecule has 0 unspecified atom stereocenters. The van der Waals surface area contributed by atoms with Crippen molar-refractivity contribution in [3.05, 3.63) is 54.1 Å². The number of furan rings is 1. The van der Waals surface area contributed by atoms with Crippen molar-refractivity contribution in [3.63, 3.8) is 0 Å². The fraction of sp³-hybridized carbons (Fsp3) is 0.217. The number of nitrogens with one attached hydrogen (secondary N) is 1. The number of carboxylic acid groups (broad SMARTS) is 1. The number of carboxylic acids is 1. The van der Waals surface area contributed by atoms with Crippen LogP contribution >= 0.6 is 0 Å². The van der Waals surface area contributed by atoms with Gasteiger partial charge in [0.25, 0.3) is 0 Å². The minimum atomic E-state index is -0.959. The van der Waals surface area contributed by atoms with Gasteiger partial charge in [0, 0.05) is 17.3 Å². The van der Waals surface area contributed by atoms with E-state index < -0.39 is 5.97 Å². The van der Waals surface area contributed by atoms with Crippen LogP contribution in [-0.4, -0.2) is 29.7 Å². The third kappa shape index (κ3) is 3.74. The Morgan fingerprint density at radius 3 is 2.69 bits per heavy atom. The summed E-state index contributed by atoms with van der Waals surface area (Å²) in [6.07, 6.45) is 0. The summed E-state index contributed by atoms with van der Waals surface area (Å²) in [4.78, 5) is 16.1. The summed E-state index contributed by atoms with van der Waals surface area (Å²) in [6.45, 7) is 5.00. The number of rotatable bonds is 6. The molecule has 0 atom stereocenters. The van der Waals surface area contributed by atoms with E-state index in [2.05, 4.69) is 19.2 Å². The van der Waals surface area contributed by atoms with Gasteiger partial charge in [-0.25, -0.2) is 9.78 Å². The summed E-state index contributed by atoms with van der Waals surface area (Å²) >= 11 is 0. The zero-order valence-corrected chi connectivity index (χ0v) is 16.5. The molecule has 29 heavy (non-hydrogen) atoms. The normalized spacial score (nSPS) is 11.3. The fourth-order valence-corrected chi connectivity index (χ4v) is 3.21. The topological polar surface area (TPSA) is 84.6 Å². The second kappa shape index (κ2) is 7.47. The lowest BCUT2D eigenvalue weighted by Crippen LogP contribution is -2.09. The highest BCUT2D eigenvalue weighted by atomic mass is 16.5. The molecule has 0 aliphatic carbocycles. The van der Waals surface area contributed by atoms with Crippen molar-refractivity contribution < 1.29 is 19.1 Å². The Bertz CT molecular complexity index is 1210. The molecule has 6 heteroatoms. The molecule has 0 aliphatic heterocycles. The first-order valence-electron chi connectivity index (χ1n) is 9.44. The quantitative estimate of drug-likeness (QED) is 0.457. The van der Waals surface area contributed by atoms with E-state index in [0.717, 1.165) is 34.3 Å². The molecule has 0 spiro atoms. The number of pyridine rings is 1. The van der Waals surface area contributed by atoms with Crippen molar-refractivity contribution in [2.45, 2.75) is 13.8 Å². The van der Waals surface area contributed by atoms with Crippen LogP contribution in [0.4, 0.5) is 5.69 Å². The smallest absolute Gasteiger partial charge is 0.335 e. The predicted molar refractivity (Wildman–Crippen MR) is 114 cm³/mol. The number of fused-ring (bicyclic) bond motifs is 2. The summed E-state index contributed by atoms with van der Waals surface area (Å²) in [6, 6.07) is 14.4. The van der Waals surface area contributed by atoms with Gasteiger partial charge in [-0.05, 0) is 54.4 Å².